The third-order valence-electron chi connectivity index (χ3n) is 3.86. The standard InChI is InChI=1S/C20H16ClN3O5S/c1-28-14-3-6-16(7-4-14)30-12-20(25)23-22-11-15-5-9-19(29-15)13-2-8-17(21)18(10-13)24(26)27/h2-11H,12H2,1H3,(H,23,25)/b22-11+. The van der Waals surface area contributed by atoms with Gasteiger partial charge in [0, 0.05) is 16.5 Å². The van der Waals surface area contributed by atoms with E-state index in [1.807, 2.05) is 24.3 Å². The summed E-state index contributed by atoms with van der Waals surface area (Å²) in [7, 11) is 1.59. The van der Waals surface area contributed by atoms with Crippen molar-refractivity contribution in [3.63, 3.8) is 0 Å². The number of carbonyl (C=O) groups excluding carboxylic acids is 1. The predicted octanol–water partition coefficient (Wildman–Crippen LogP) is 4.76. The van der Waals surface area contributed by atoms with Crippen molar-refractivity contribution >= 4 is 41.2 Å². The molecule has 0 fully saturated rings. The number of nitro benzene ring substituents is 1. The summed E-state index contributed by atoms with van der Waals surface area (Å²) < 4.78 is 10.7. The lowest BCUT2D eigenvalue weighted by Crippen LogP contribution is -2.19. The highest BCUT2D eigenvalue weighted by Crippen LogP contribution is 2.31. The van der Waals surface area contributed by atoms with Crippen molar-refractivity contribution in [3.8, 4) is 17.1 Å². The van der Waals surface area contributed by atoms with Gasteiger partial charge in [-0.05, 0) is 48.5 Å². The second-order valence-electron chi connectivity index (χ2n) is 5.88. The third-order valence-corrected chi connectivity index (χ3v) is 5.20. The molecule has 0 bridgehead atoms. The Kier molecular flexibility index (Phi) is 7.10. The fourth-order valence-electron chi connectivity index (χ4n) is 2.40. The summed E-state index contributed by atoms with van der Waals surface area (Å²) in [6, 6.07) is 15.0. The van der Waals surface area contributed by atoms with Crippen molar-refractivity contribution in [2.24, 2.45) is 5.10 Å². The average Bonchev–Trinajstić information content (AvgIpc) is 3.21. The number of carbonyl (C=O) groups is 1. The predicted molar refractivity (Wildman–Crippen MR) is 115 cm³/mol. The fourth-order valence-corrected chi connectivity index (χ4v) is 3.28. The molecule has 2 aromatic carbocycles. The van der Waals surface area contributed by atoms with Crippen LogP contribution in [0.3, 0.4) is 0 Å². The molecular weight excluding hydrogens is 430 g/mol. The Morgan fingerprint density at radius 2 is 2.03 bits per heavy atom. The number of thioether (sulfide) groups is 1. The van der Waals surface area contributed by atoms with Gasteiger partial charge in [0.15, 0.2) is 0 Å². The minimum absolute atomic E-state index is 0.0484. The highest BCUT2D eigenvalue weighted by Gasteiger charge is 2.15. The summed E-state index contributed by atoms with van der Waals surface area (Å²) in [4.78, 5) is 23.3. The topological polar surface area (TPSA) is 107 Å². The molecule has 0 saturated carbocycles. The van der Waals surface area contributed by atoms with Crippen LogP contribution in [0.15, 0.2) is 69.0 Å². The van der Waals surface area contributed by atoms with Gasteiger partial charge in [0.1, 0.15) is 22.3 Å². The molecule has 1 aromatic heterocycles. The first-order chi connectivity index (χ1) is 14.5. The van der Waals surface area contributed by atoms with Gasteiger partial charge in [-0.25, -0.2) is 5.43 Å². The average molecular weight is 446 g/mol. The summed E-state index contributed by atoms with van der Waals surface area (Å²) >= 11 is 7.19. The van der Waals surface area contributed by atoms with Gasteiger partial charge in [-0.15, -0.1) is 11.8 Å². The quantitative estimate of drug-likeness (QED) is 0.232. The van der Waals surface area contributed by atoms with Crippen molar-refractivity contribution in [1.82, 2.24) is 5.43 Å². The van der Waals surface area contributed by atoms with Crippen molar-refractivity contribution in [3.05, 3.63) is 75.5 Å². The number of nitrogens with zero attached hydrogens (tertiary/aromatic N) is 2. The SMILES string of the molecule is COc1ccc(SCC(=O)N/N=C/c2ccc(-c3ccc(Cl)c([N+](=O)[O-])c3)o2)cc1. The second-order valence-corrected chi connectivity index (χ2v) is 7.34. The van der Waals surface area contributed by atoms with Crippen LogP contribution >= 0.6 is 23.4 Å². The molecule has 0 atom stereocenters. The molecule has 3 rings (SSSR count). The molecule has 1 heterocycles. The maximum atomic E-state index is 11.9. The van der Waals surface area contributed by atoms with Crippen molar-refractivity contribution in [2.45, 2.75) is 4.90 Å². The molecule has 0 spiro atoms. The zero-order valence-electron chi connectivity index (χ0n) is 15.7. The molecule has 0 aliphatic heterocycles. The second kappa shape index (κ2) is 9.95. The number of nitrogens with one attached hydrogen (secondary N) is 1. The molecule has 0 unspecified atom stereocenters. The molecule has 0 saturated heterocycles. The number of furan rings is 1. The van der Waals surface area contributed by atoms with Crippen LogP contribution in [0.5, 0.6) is 5.75 Å². The Hall–Kier alpha value is -3.30. The molecule has 154 valence electrons. The Labute approximate surface area is 181 Å². The Bertz CT molecular complexity index is 1080. The number of ether oxygens (including phenoxy) is 1. The van der Waals surface area contributed by atoms with E-state index >= 15 is 0 Å². The van der Waals surface area contributed by atoms with E-state index in [4.69, 9.17) is 20.8 Å². The Morgan fingerprint density at radius 1 is 1.27 bits per heavy atom. The zero-order chi connectivity index (χ0) is 21.5. The highest BCUT2D eigenvalue weighted by molar-refractivity contribution is 8.00. The maximum Gasteiger partial charge on any atom is 0.288 e. The molecule has 0 radical (unpaired) electrons. The summed E-state index contributed by atoms with van der Waals surface area (Å²) in [5.74, 6) is 1.47. The Morgan fingerprint density at radius 3 is 2.73 bits per heavy atom. The van der Waals surface area contributed by atoms with E-state index in [1.165, 1.54) is 30.1 Å². The number of hydrazone groups is 1. The lowest BCUT2D eigenvalue weighted by Gasteiger charge is -2.02. The summed E-state index contributed by atoms with van der Waals surface area (Å²) in [5.41, 5.74) is 2.72. The van der Waals surface area contributed by atoms with Gasteiger partial charge >= 0.3 is 0 Å². The van der Waals surface area contributed by atoms with Gasteiger partial charge in [-0.3, -0.25) is 14.9 Å². The van der Waals surface area contributed by atoms with Crippen molar-refractivity contribution in [2.75, 3.05) is 12.9 Å². The van der Waals surface area contributed by atoms with Crippen LogP contribution in [0.4, 0.5) is 5.69 Å². The first kappa shape index (κ1) is 21.4. The number of rotatable bonds is 8. The molecule has 3 aromatic rings. The third kappa shape index (κ3) is 5.62. The lowest BCUT2D eigenvalue weighted by atomic mass is 10.1. The van der Waals surface area contributed by atoms with E-state index in [2.05, 4.69) is 10.5 Å². The van der Waals surface area contributed by atoms with Crippen LogP contribution < -0.4 is 10.2 Å². The van der Waals surface area contributed by atoms with Crippen LogP contribution in [-0.4, -0.2) is 29.9 Å². The maximum absolute atomic E-state index is 11.9. The molecule has 1 N–H and O–H groups in total. The molecule has 0 aliphatic rings. The van der Waals surface area contributed by atoms with Gasteiger partial charge in [0.05, 0.1) is 24.0 Å². The normalized spacial score (nSPS) is 10.9. The fraction of sp³-hybridized carbons (Fsp3) is 0.100. The van der Waals surface area contributed by atoms with E-state index in [9.17, 15) is 14.9 Å². The minimum Gasteiger partial charge on any atom is -0.497 e. The van der Waals surface area contributed by atoms with Gasteiger partial charge in [-0.1, -0.05) is 11.6 Å². The summed E-state index contributed by atoms with van der Waals surface area (Å²) in [5, 5.41) is 14.9. The number of methoxy groups -OCH3 is 1. The summed E-state index contributed by atoms with van der Waals surface area (Å²) in [6.45, 7) is 0. The van der Waals surface area contributed by atoms with Crippen molar-refractivity contribution in [1.29, 1.82) is 0 Å². The first-order valence-corrected chi connectivity index (χ1v) is 9.95. The van der Waals surface area contributed by atoms with Crippen LogP contribution in [0.2, 0.25) is 5.02 Å². The Balaban J connectivity index is 1.54. The van der Waals surface area contributed by atoms with Gasteiger partial charge < -0.3 is 9.15 Å². The van der Waals surface area contributed by atoms with E-state index in [1.54, 1.807) is 25.3 Å². The molecule has 1 amide bonds. The molecular formula is C20H16ClN3O5S. The number of benzene rings is 2. The summed E-state index contributed by atoms with van der Waals surface area (Å²) in [6.07, 6.45) is 1.35. The van der Waals surface area contributed by atoms with E-state index in [0.29, 0.717) is 17.1 Å². The van der Waals surface area contributed by atoms with E-state index < -0.39 is 4.92 Å². The van der Waals surface area contributed by atoms with E-state index in [-0.39, 0.29) is 22.4 Å². The number of nitro groups is 1. The molecule has 0 aliphatic carbocycles. The van der Waals surface area contributed by atoms with Crippen LogP contribution in [0.25, 0.3) is 11.3 Å². The van der Waals surface area contributed by atoms with Crippen LogP contribution in [0.1, 0.15) is 5.76 Å². The monoisotopic (exact) mass is 445 g/mol. The van der Waals surface area contributed by atoms with Gasteiger partial charge in [0.2, 0.25) is 5.91 Å². The zero-order valence-corrected chi connectivity index (χ0v) is 17.3. The number of hydrogen-bond acceptors (Lipinski definition) is 7. The lowest BCUT2D eigenvalue weighted by molar-refractivity contribution is -0.384. The number of amides is 1. The molecule has 10 heteroatoms. The smallest absolute Gasteiger partial charge is 0.288 e. The largest absolute Gasteiger partial charge is 0.497 e. The highest BCUT2D eigenvalue weighted by atomic mass is 35.5. The first-order valence-electron chi connectivity index (χ1n) is 8.59. The van der Waals surface area contributed by atoms with Gasteiger partial charge in [0.25, 0.3) is 5.69 Å². The van der Waals surface area contributed by atoms with E-state index in [0.717, 1.165) is 10.6 Å². The van der Waals surface area contributed by atoms with Crippen LogP contribution in [-0.2, 0) is 4.79 Å². The van der Waals surface area contributed by atoms with Gasteiger partial charge in [-0.2, -0.15) is 5.10 Å². The number of halogens is 1. The molecule has 8 nitrogen and oxygen atoms in total. The minimum atomic E-state index is -0.559. The molecule has 30 heavy (non-hydrogen) atoms. The number of hydrogen-bond donors (Lipinski definition) is 1. The van der Waals surface area contributed by atoms with Crippen molar-refractivity contribution < 1.29 is 18.9 Å². The van der Waals surface area contributed by atoms with Crippen LogP contribution in [0, 0.1) is 10.1 Å².